The minimum absolute atomic E-state index is 1.22. The van der Waals surface area contributed by atoms with Gasteiger partial charge in [-0.05, 0) is 6.07 Å². The van der Waals surface area contributed by atoms with Gasteiger partial charge < -0.3 is 4.57 Å². The van der Waals surface area contributed by atoms with Gasteiger partial charge in [0, 0.05) is 0 Å². The number of aromatic nitrogens is 1. The summed E-state index contributed by atoms with van der Waals surface area (Å²) in [5.41, 5.74) is 1.22. The van der Waals surface area contributed by atoms with E-state index in [0.717, 1.165) is 0 Å². The third-order valence-corrected chi connectivity index (χ3v) is 1.83. The molecule has 1 nitrogen and oxygen atoms in total. The van der Waals surface area contributed by atoms with Crippen molar-refractivity contribution in [2.45, 2.75) is 0 Å². The van der Waals surface area contributed by atoms with E-state index < -0.39 is 0 Å². The van der Waals surface area contributed by atoms with E-state index in [1.54, 1.807) is 0 Å². The van der Waals surface area contributed by atoms with Gasteiger partial charge in [0.1, 0.15) is 18.8 Å². The molecule has 0 amide bonds. The van der Waals surface area contributed by atoms with E-state index in [0.29, 0.717) is 0 Å². The minimum atomic E-state index is 1.22. The van der Waals surface area contributed by atoms with Crippen molar-refractivity contribution in [2.75, 3.05) is 0 Å². The fraction of sp³-hybridized carbons (Fsp3) is 0.100. The molecule has 1 heteroatoms. The van der Waals surface area contributed by atoms with E-state index in [1.165, 1.54) is 10.9 Å². The first-order chi connectivity index (χ1) is 5.38. The second kappa shape index (κ2) is 2.35. The molecule has 0 aliphatic heterocycles. The van der Waals surface area contributed by atoms with Crippen molar-refractivity contribution in [3.8, 4) is 0 Å². The third-order valence-electron chi connectivity index (χ3n) is 1.83. The molecule has 1 aromatic carbocycles. The second-order valence-corrected chi connectivity index (χ2v) is 2.58. The summed E-state index contributed by atoms with van der Waals surface area (Å²) in [6.07, 6.45) is 3.09. The number of hydrogen-bond donors (Lipinski definition) is 0. The highest BCUT2D eigenvalue weighted by molar-refractivity contribution is 5.74. The summed E-state index contributed by atoms with van der Waals surface area (Å²) in [5.74, 6) is 0. The predicted octanol–water partition coefficient (Wildman–Crippen LogP) is 1.46. The molecular weight excluding hydrogens is 134 g/mol. The van der Waals surface area contributed by atoms with E-state index in [1.807, 2.05) is 29.8 Å². The Morgan fingerprint density at radius 1 is 1.18 bits per heavy atom. The number of aryl methyl sites for hydroxylation is 1. The Labute approximate surface area is 65.9 Å². The zero-order valence-corrected chi connectivity index (χ0v) is 6.41. The van der Waals surface area contributed by atoms with Crippen LogP contribution in [0, 0.1) is 6.20 Å². The van der Waals surface area contributed by atoms with Gasteiger partial charge in [0.25, 0.3) is 0 Å². The highest BCUT2D eigenvalue weighted by Crippen LogP contribution is 2.06. The number of nitrogens with zero attached hydrogens (tertiary/aromatic N) is 1. The molecule has 0 aliphatic carbocycles. The van der Waals surface area contributed by atoms with Gasteiger partial charge >= 0.3 is 0 Å². The van der Waals surface area contributed by atoms with Gasteiger partial charge in [-0.3, -0.25) is 0 Å². The Balaban J connectivity index is 2.91. The van der Waals surface area contributed by atoms with Crippen LogP contribution in [0.2, 0.25) is 0 Å². The highest BCUT2D eigenvalue weighted by atomic mass is 14.9. The maximum absolute atomic E-state index is 3.09. The molecule has 0 bridgehead atoms. The van der Waals surface area contributed by atoms with E-state index >= 15 is 0 Å². The fourth-order valence-electron chi connectivity index (χ4n) is 1.24. The van der Waals surface area contributed by atoms with Crippen molar-refractivity contribution in [3.05, 3.63) is 42.6 Å². The van der Waals surface area contributed by atoms with Crippen LogP contribution >= 0.6 is 0 Å². The Morgan fingerprint density at radius 2 is 2.00 bits per heavy atom. The number of rotatable bonds is 0. The number of pyridine rings is 1. The lowest BCUT2D eigenvalue weighted by molar-refractivity contribution is -0.649. The van der Waals surface area contributed by atoms with Gasteiger partial charge in [0.2, 0.25) is 0 Å². The normalized spacial score (nSPS) is 10.3. The zero-order valence-electron chi connectivity index (χ0n) is 6.41. The van der Waals surface area contributed by atoms with Crippen molar-refractivity contribution < 1.29 is 4.57 Å². The summed E-state index contributed by atoms with van der Waals surface area (Å²) in [6, 6.07) is 12.3. The molecule has 0 unspecified atom stereocenters. The van der Waals surface area contributed by atoms with Crippen LogP contribution in [0.1, 0.15) is 0 Å². The Kier molecular flexibility index (Phi) is 1.35. The molecule has 0 N–H and O–H groups in total. The molecule has 1 heterocycles. The van der Waals surface area contributed by atoms with Crippen LogP contribution in [-0.2, 0) is 7.05 Å². The summed E-state index contributed by atoms with van der Waals surface area (Å²) < 4.78 is 2.00. The van der Waals surface area contributed by atoms with Crippen molar-refractivity contribution in [3.63, 3.8) is 0 Å². The molecule has 2 aromatic rings. The summed E-state index contributed by atoms with van der Waals surface area (Å²) in [5, 5.41) is 1.26. The monoisotopic (exact) mass is 143 g/mol. The molecule has 0 radical (unpaired) electrons. The largest absolute Gasteiger partial charge is 0.307 e. The van der Waals surface area contributed by atoms with Gasteiger partial charge in [-0.1, -0.05) is 23.6 Å². The number of fused-ring (bicyclic) bond motifs is 1. The molecule has 1 aromatic heterocycles. The van der Waals surface area contributed by atoms with Crippen molar-refractivity contribution in [1.82, 2.24) is 0 Å². The molecule has 11 heavy (non-hydrogen) atoms. The van der Waals surface area contributed by atoms with Crippen molar-refractivity contribution in [2.24, 2.45) is 7.05 Å². The maximum atomic E-state index is 3.09. The van der Waals surface area contributed by atoms with Crippen LogP contribution in [0.3, 0.4) is 0 Å². The lowest BCUT2D eigenvalue weighted by Crippen LogP contribution is -2.28. The van der Waals surface area contributed by atoms with Crippen LogP contribution in [0.4, 0.5) is 0 Å². The molecule has 0 atom stereocenters. The van der Waals surface area contributed by atoms with Gasteiger partial charge in [-0.15, -0.1) is 6.07 Å². The maximum Gasteiger partial charge on any atom is 0.115 e. The van der Waals surface area contributed by atoms with E-state index in [2.05, 4.69) is 24.4 Å². The summed E-state index contributed by atoms with van der Waals surface area (Å²) in [4.78, 5) is 0. The molecular formula is C10H9N. The van der Waals surface area contributed by atoms with Gasteiger partial charge in [-0.2, -0.15) is 6.07 Å². The molecule has 0 fully saturated rings. The van der Waals surface area contributed by atoms with Crippen LogP contribution in [0.5, 0.6) is 0 Å². The fourth-order valence-corrected chi connectivity index (χ4v) is 1.24. The third kappa shape index (κ3) is 0.984. The average Bonchev–Trinajstić information content (AvgIpc) is 2.06. The lowest BCUT2D eigenvalue weighted by atomic mass is 10.2. The van der Waals surface area contributed by atoms with Gasteiger partial charge in [0.15, 0.2) is 0 Å². The standard InChI is InChI=1S/C10H9N/c1-11-8-4-6-9-5-2-3-7-10(9)11/h2-7H,1H3. The topological polar surface area (TPSA) is 3.88 Å². The van der Waals surface area contributed by atoms with Crippen LogP contribution in [-0.4, -0.2) is 0 Å². The predicted molar refractivity (Wildman–Crippen MR) is 44.0 cm³/mol. The van der Waals surface area contributed by atoms with Crippen LogP contribution in [0.15, 0.2) is 36.4 Å². The Morgan fingerprint density at radius 3 is 2.82 bits per heavy atom. The van der Waals surface area contributed by atoms with Crippen LogP contribution in [0.25, 0.3) is 10.9 Å². The molecule has 0 aliphatic rings. The quantitative estimate of drug-likeness (QED) is 0.388. The minimum Gasteiger partial charge on any atom is -0.307 e. The van der Waals surface area contributed by atoms with Gasteiger partial charge in [0.05, 0.1) is 0 Å². The first-order valence-corrected chi connectivity index (χ1v) is 3.63. The lowest BCUT2D eigenvalue weighted by Gasteiger charge is -2.01. The van der Waals surface area contributed by atoms with Crippen LogP contribution < -0.4 is 4.57 Å². The van der Waals surface area contributed by atoms with E-state index in [4.69, 9.17) is 0 Å². The smallest absolute Gasteiger partial charge is 0.115 e. The summed E-state index contributed by atoms with van der Waals surface area (Å²) >= 11 is 0. The summed E-state index contributed by atoms with van der Waals surface area (Å²) in [7, 11) is 2.00. The first kappa shape index (κ1) is 6.35. The Hall–Kier alpha value is -1.37. The molecule has 0 saturated heterocycles. The number of para-hydroxylation sites is 1. The highest BCUT2D eigenvalue weighted by Gasteiger charge is 1.90. The molecule has 0 saturated carbocycles. The molecule has 0 spiro atoms. The summed E-state index contributed by atoms with van der Waals surface area (Å²) in [6.45, 7) is 0. The van der Waals surface area contributed by atoms with E-state index in [-0.39, 0.29) is 0 Å². The van der Waals surface area contributed by atoms with E-state index in [9.17, 15) is 0 Å². The average molecular weight is 143 g/mol. The molecule has 2 rings (SSSR count). The number of benzene rings is 1. The van der Waals surface area contributed by atoms with Crippen molar-refractivity contribution in [1.29, 1.82) is 0 Å². The zero-order chi connectivity index (χ0) is 7.68. The van der Waals surface area contributed by atoms with Crippen molar-refractivity contribution >= 4 is 10.9 Å². The Bertz CT molecular complexity index is 374. The SMILES string of the molecule is C[n+]1[c-]ccc2ccccc21. The first-order valence-electron chi connectivity index (χ1n) is 3.63. The molecule has 54 valence electrons. The number of hydrogen-bond acceptors (Lipinski definition) is 0. The second-order valence-electron chi connectivity index (χ2n) is 2.58. The van der Waals surface area contributed by atoms with Gasteiger partial charge in [-0.25, -0.2) is 0 Å².